The Kier molecular flexibility index (Phi) is 4.65. The van der Waals surface area contributed by atoms with Crippen LogP contribution < -0.4 is 16.6 Å². The van der Waals surface area contributed by atoms with Crippen molar-refractivity contribution in [1.82, 2.24) is 9.97 Å². The second-order valence-corrected chi connectivity index (χ2v) is 4.78. The predicted molar refractivity (Wildman–Crippen MR) is 68.9 cm³/mol. The van der Waals surface area contributed by atoms with Crippen LogP contribution in [0.3, 0.4) is 0 Å². The highest BCUT2D eigenvalue weighted by molar-refractivity contribution is 5.42. The second-order valence-electron chi connectivity index (χ2n) is 4.78. The number of anilines is 2. The molecule has 96 valence electrons. The largest absolute Gasteiger partial charge is 0.383 e. The summed E-state index contributed by atoms with van der Waals surface area (Å²) in [7, 11) is 1.65. The van der Waals surface area contributed by atoms with E-state index in [2.05, 4.69) is 41.5 Å². The van der Waals surface area contributed by atoms with E-state index in [-0.39, 0.29) is 5.41 Å². The number of ether oxygens (including phenoxy) is 1. The van der Waals surface area contributed by atoms with Crippen LogP contribution in [0.4, 0.5) is 11.8 Å². The first-order chi connectivity index (χ1) is 7.97. The fraction of sp³-hybridized carbons (Fsp3) is 0.636. The lowest BCUT2D eigenvalue weighted by Gasteiger charge is -2.19. The van der Waals surface area contributed by atoms with Gasteiger partial charge in [0.1, 0.15) is 5.82 Å². The van der Waals surface area contributed by atoms with Crippen LogP contribution in [0.25, 0.3) is 0 Å². The zero-order valence-electron chi connectivity index (χ0n) is 10.9. The number of nitrogens with one attached hydrogen (secondary N) is 2. The summed E-state index contributed by atoms with van der Waals surface area (Å²) in [4.78, 5) is 8.67. The van der Waals surface area contributed by atoms with Crippen molar-refractivity contribution in [2.75, 3.05) is 31.0 Å². The molecule has 17 heavy (non-hydrogen) atoms. The van der Waals surface area contributed by atoms with Gasteiger partial charge in [-0.15, -0.1) is 0 Å². The van der Waals surface area contributed by atoms with Gasteiger partial charge in [-0.3, -0.25) is 0 Å². The van der Waals surface area contributed by atoms with Gasteiger partial charge in [-0.05, 0) is 0 Å². The lowest BCUT2D eigenvalue weighted by Crippen LogP contribution is -2.19. The van der Waals surface area contributed by atoms with Crippen molar-refractivity contribution in [2.45, 2.75) is 26.2 Å². The Bertz CT molecular complexity index is 361. The summed E-state index contributed by atoms with van der Waals surface area (Å²) in [6, 6.07) is 1.85. The summed E-state index contributed by atoms with van der Waals surface area (Å²) in [6.45, 7) is 7.54. The zero-order chi connectivity index (χ0) is 12.9. The van der Waals surface area contributed by atoms with E-state index in [0.29, 0.717) is 24.9 Å². The van der Waals surface area contributed by atoms with Gasteiger partial charge in [0.2, 0.25) is 5.95 Å². The molecule has 1 aromatic heterocycles. The quantitative estimate of drug-likeness (QED) is 0.405. The van der Waals surface area contributed by atoms with Gasteiger partial charge >= 0.3 is 0 Å². The fourth-order valence-corrected chi connectivity index (χ4v) is 1.25. The first kappa shape index (κ1) is 13.7. The van der Waals surface area contributed by atoms with Gasteiger partial charge in [0, 0.05) is 25.1 Å². The van der Waals surface area contributed by atoms with Gasteiger partial charge in [0.15, 0.2) is 0 Å². The Morgan fingerprint density at radius 3 is 2.59 bits per heavy atom. The number of hydrogen-bond acceptors (Lipinski definition) is 6. The molecule has 0 saturated carbocycles. The van der Waals surface area contributed by atoms with E-state index < -0.39 is 0 Å². The maximum atomic E-state index is 5.39. The Hall–Kier alpha value is -1.40. The molecule has 6 nitrogen and oxygen atoms in total. The van der Waals surface area contributed by atoms with Gasteiger partial charge in [-0.1, -0.05) is 20.8 Å². The minimum atomic E-state index is -0.0494. The van der Waals surface area contributed by atoms with E-state index in [1.54, 1.807) is 7.11 Å². The number of nitrogen functional groups attached to an aromatic ring is 1. The van der Waals surface area contributed by atoms with E-state index in [4.69, 9.17) is 10.6 Å². The number of methoxy groups -OCH3 is 1. The first-order valence-corrected chi connectivity index (χ1v) is 5.56. The third-order valence-corrected chi connectivity index (χ3v) is 2.23. The SMILES string of the molecule is COCCNc1nc(NN)cc(C(C)(C)C)n1. The fourth-order valence-electron chi connectivity index (χ4n) is 1.25. The molecule has 0 aliphatic rings. The van der Waals surface area contributed by atoms with Crippen LogP contribution in [0.5, 0.6) is 0 Å². The van der Waals surface area contributed by atoms with Crippen molar-refractivity contribution in [1.29, 1.82) is 0 Å². The Morgan fingerprint density at radius 2 is 2.06 bits per heavy atom. The van der Waals surface area contributed by atoms with Gasteiger partial charge in [-0.25, -0.2) is 10.8 Å². The molecule has 0 saturated heterocycles. The van der Waals surface area contributed by atoms with Crippen molar-refractivity contribution in [3.63, 3.8) is 0 Å². The lowest BCUT2D eigenvalue weighted by atomic mass is 9.92. The molecule has 0 aliphatic heterocycles. The summed E-state index contributed by atoms with van der Waals surface area (Å²) in [5.74, 6) is 6.55. The molecule has 0 aromatic carbocycles. The first-order valence-electron chi connectivity index (χ1n) is 5.56. The van der Waals surface area contributed by atoms with E-state index in [9.17, 15) is 0 Å². The molecule has 0 aliphatic carbocycles. The molecule has 1 heterocycles. The van der Waals surface area contributed by atoms with Crippen LogP contribution in [0.1, 0.15) is 26.5 Å². The van der Waals surface area contributed by atoms with Crippen LogP contribution in [-0.4, -0.2) is 30.2 Å². The standard InChI is InChI=1S/C11H21N5O/c1-11(2,3)8-7-9(16-12)15-10(14-8)13-5-6-17-4/h7H,5-6,12H2,1-4H3,(H2,13,14,15,16). The Balaban J connectivity index is 2.89. The summed E-state index contributed by atoms with van der Waals surface area (Å²) in [6.07, 6.45) is 0. The monoisotopic (exact) mass is 239 g/mol. The molecule has 0 radical (unpaired) electrons. The van der Waals surface area contributed by atoms with E-state index in [1.165, 1.54) is 0 Å². The average molecular weight is 239 g/mol. The minimum Gasteiger partial charge on any atom is -0.383 e. The van der Waals surface area contributed by atoms with Crippen molar-refractivity contribution < 1.29 is 4.74 Å². The third-order valence-electron chi connectivity index (χ3n) is 2.23. The number of hydrogen-bond donors (Lipinski definition) is 3. The highest BCUT2D eigenvalue weighted by atomic mass is 16.5. The molecule has 0 fully saturated rings. The van der Waals surface area contributed by atoms with Crippen LogP contribution >= 0.6 is 0 Å². The number of rotatable bonds is 5. The zero-order valence-corrected chi connectivity index (χ0v) is 10.9. The van der Waals surface area contributed by atoms with Gasteiger partial charge in [0.25, 0.3) is 0 Å². The molecule has 1 rings (SSSR count). The van der Waals surface area contributed by atoms with Gasteiger partial charge in [-0.2, -0.15) is 4.98 Å². The molecular formula is C11H21N5O. The molecular weight excluding hydrogens is 218 g/mol. The molecule has 4 N–H and O–H groups in total. The van der Waals surface area contributed by atoms with Gasteiger partial charge < -0.3 is 15.5 Å². The minimum absolute atomic E-state index is 0.0494. The Labute approximate surface area is 102 Å². The van der Waals surface area contributed by atoms with Crippen molar-refractivity contribution >= 4 is 11.8 Å². The molecule has 0 amide bonds. The summed E-state index contributed by atoms with van der Waals surface area (Å²) in [5.41, 5.74) is 3.43. The Morgan fingerprint density at radius 1 is 1.35 bits per heavy atom. The number of aromatic nitrogens is 2. The highest BCUT2D eigenvalue weighted by Gasteiger charge is 2.17. The maximum absolute atomic E-state index is 5.39. The second kappa shape index (κ2) is 5.79. The number of nitrogens with zero attached hydrogens (tertiary/aromatic N) is 2. The lowest BCUT2D eigenvalue weighted by molar-refractivity contribution is 0.210. The topological polar surface area (TPSA) is 85.1 Å². The normalized spacial score (nSPS) is 11.4. The van der Waals surface area contributed by atoms with E-state index in [0.717, 1.165) is 5.69 Å². The van der Waals surface area contributed by atoms with E-state index >= 15 is 0 Å². The van der Waals surface area contributed by atoms with Crippen molar-refractivity contribution in [2.24, 2.45) is 5.84 Å². The molecule has 0 atom stereocenters. The van der Waals surface area contributed by atoms with E-state index in [1.807, 2.05) is 6.07 Å². The number of hydrazine groups is 1. The summed E-state index contributed by atoms with van der Waals surface area (Å²) in [5, 5.41) is 3.09. The summed E-state index contributed by atoms with van der Waals surface area (Å²) < 4.78 is 4.96. The van der Waals surface area contributed by atoms with Crippen LogP contribution in [0, 0.1) is 0 Å². The van der Waals surface area contributed by atoms with Crippen molar-refractivity contribution in [3.05, 3.63) is 11.8 Å². The van der Waals surface area contributed by atoms with Crippen LogP contribution in [0.2, 0.25) is 0 Å². The number of nitrogens with two attached hydrogens (primary N) is 1. The molecule has 6 heteroatoms. The molecule has 0 spiro atoms. The summed E-state index contributed by atoms with van der Waals surface area (Å²) >= 11 is 0. The van der Waals surface area contributed by atoms with Crippen LogP contribution in [0.15, 0.2) is 6.07 Å². The van der Waals surface area contributed by atoms with Crippen molar-refractivity contribution in [3.8, 4) is 0 Å². The molecule has 0 bridgehead atoms. The highest BCUT2D eigenvalue weighted by Crippen LogP contribution is 2.23. The van der Waals surface area contributed by atoms with Crippen LogP contribution in [-0.2, 0) is 10.2 Å². The average Bonchev–Trinajstić information content (AvgIpc) is 2.28. The molecule has 1 aromatic rings. The third kappa shape index (κ3) is 4.16. The molecule has 0 unspecified atom stereocenters. The van der Waals surface area contributed by atoms with Gasteiger partial charge in [0.05, 0.1) is 12.3 Å². The maximum Gasteiger partial charge on any atom is 0.225 e. The predicted octanol–water partition coefficient (Wildman–Crippen LogP) is 1.12. The smallest absolute Gasteiger partial charge is 0.225 e.